The molecule has 96 valence electrons. The van der Waals surface area contributed by atoms with E-state index in [1.807, 2.05) is 7.11 Å². The lowest BCUT2D eigenvalue weighted by molar-refractivity contribution is -0.0836. The highest BCUT2D eigenvalue weighted by Gasteiger charge is 2.38. The molecule has 1 fully saturated rings. The van der Waals surface area contributed by atoms with E-state index in [2.05, 4.69) is 19.3 Å². The van der Waals surface area contributed by atoms with Crippen LogP contribution in [0.1, 0.15) is 64.7 Å². The molecule has 0 saturated heterocycles. The largest absolute Gasteiger partial charge is 0.378 e. The van der Waals surface area contributed by atoms with Crippen molar-refractivity contribution in [1.29, 1.82) is 0 Å². The van der Waals surface area contributed by atoms with E-state index in [4.69, 9.17) is 4.74 Å². The zero-order valence-corrected chi connectivity index (χ0v) is 11.3. The van der Waals surface area contributed by atoms with Crippen molar-refractivity contribution < 1.29 is 4.74 Å². The summed E-state index contributed by atoms with van der Waals surface area (Å²) in [7, 11) is 3.97. The molecule has 1 rings (SSSR count). The number of rotatable bonds is 9. The molecule has 0 heterocycles. The van der Waals surface area contributed by atoms with Gasteiger partial charge in [-0.15, -0.1) is 0 Å². The van der Waals surface area contributed by atoms with Crippen molar-refractivity contribution in [2.24, 2.45) is 0 Å². The maximum atomic E-state index is 5.69. The second-order valence-corrected chi connectivity index (χ2v) is 5.28. The summed E-state index contributed by atoms with van der Waals surface area (Å²) in [5.74, 6) is 0. The van der Waals surface area contributed by atoms with Crippen LogP contribution >= 0.6 is 0 Å². The smallest absolute Gasteiger partial charge is 0.0693 e. The molecule has 0 radical (unpaired) electrons. The lowest BCUT2D eigenvalue weighted by atomic mass is 9.75. The molecule has 1 aliphatic carbocycles. The molecule has 1 N–H and O–H groups in total. The Hall–Kier alpha value is -0.0800. The molecule has 1 aliphatic rings. The van der Waals surface area contributed by atoms with Crippen LogP contribution < -0.4 is 5.32 Å². The molecule has 1 atom stereocenters. The van der Waals surface area contributed by atoms with Crippen LogP contribution in [0, 0.1) is 0 Å². The lowest BCUT2D eigenvalue weighted by Crippen LogP contribution is -2.45. The maximum Gasteiger partial charge on any atom is 0.0693 e. The molecule has 2 nitrogen and oxygen atoms in total. The fourth-order valence-electron chi connectivity index (χ4n) is 2.68. The van der Waals surface area contributed by atoms with Gasteiger partial charge in [-0.05, 0) is 39.2 Å². The molecular weight excluding hydrogens is 198 g/mol. The first-order valence-electron chi connectivity index (χ1n) is 6.99. The van der Waals surface area contributed by atoms with Crippen LogP contribution in [-0.2, 0) is 4.74 Å². The van der Waals surface area contributed by atoms with Crippen molar-refractivity contribution in [1.82, 2.24) is 5.32 Å². The Bertz CT molecular complexity index is 172. The quantitative estimate of drug-likeness (QED) is 0.609. The second kappa shape index (κ2) is 7.29. The Balaban J connectivity index is 2.20. The molecule has 0 aliphatic heterocycles. The van der Waals surface area contributed by atoms with Crippen molar-refractivity contribution in [2.75, 3.05) is 14.2 Å². The lowest BCUT2D eigenvalue weighted by Gasteiger charge is -2.42. The summed E-state index contributed by atoms with van der Waals surface area (Å²) >= 11 is 0. The highest BCUT2D eigenvalue weighted by Crippen LogP contribution is 2.39. The molecular formula is C14H29NO. The fourth-order valence-corrected chi connectivity index (χ4v) is 2.68. The van der Waals surface area contributed by atoms with Gasteiger partial charge in [-0.2, -0.15) is 0 Å². The van der Waals surface area contributed by atoms with E-state index in [1.165, 1.54) is 57.8 Å². The SMILES string of the molecule is CCCCCCC(CC1(OC)CCC1)NC. The van der Waals surface area contributed by atoms with Gasteiger partial charge in [0, 0.05) is 13.2 Å². The molecule has 0 aromatic rings. The standard InChI is InChI=1S/C14H29NO/c1-4-5-6-7-9-13(15-2)12-14(16-3)10-8-11-14/h13,15H,4-12H2,1-3H3. The maximum absolute atomic E-state index is 5.69. The van der Waals surface area contributed by atoms with E-state index in [9.17, 15) is 0 Å². The molecule has 16 heavy (non-hydrogen) atoms. The van der Waals surface area contributed by atoms with Gasteiger partial charge in [0.15, 0.2) is 0 Å². The topological polar surface area (TPSA) is 21.3 Å². The molecule has 0 aromatic heterocycles. The predicted octanol–water partition coefficient (Wildman–Crippen LogP) is 3.50. The van der Waals surface area contributed by atoms with E-state index >= 15 is 0 Å². The van der Waals surface area contributed by atoms with Crippen molar-refractivity contribution in [3.05, 3.63) is 0 Å². The zero-order chi connectivity index (χ0) is 11.9. The Morgan fingerprint density at radius 2 is 2.00 bits per heavy atom. The van der Waals surface area contributed by atoms with Gasteiger partial charge >= 0.3 is 0 Å². The summed E-state index contributed by atoms with van der Waals surface area (Å²) in [6, 6.07) is 0.650. The van der Waals surface area contributed by atoms with Gasteiger partial charge in [-0.25, -0.2) is 0 Å². The van der Waals surface area contributed by atoms with E-state index in [0.29, 0.717) is 6.04 Å². The summed E-state index contributed by atoms with van der Waals surface area (Å²) in [5, 5.41) is 3.46. The summed E-state index contributed by atoms with van der Waals surface area (Å²) in [6.07, 6.45) is 11.8. The first-order chi connectivity index (χ1) is 7.76. The van der Waals surface area contributed by atoms with Crippen molar-refractivity contribution in [3.8, 4) is 0 Å². The third-order valence-electron chi connectivity index (χ3n) is 4.13. The first-order valence-corrected chi connectivity index (χ1v) is 6.99. The number of ether oxygens (including phenoxy) is 1. The Morgan fingerprint density at radius 3 is 2.44 bits per heavy atom. The third-order valence-corrected chi connectivity index (χ3v) is 4.13. The van der Waals surface area contributed by atoms with Crippen LogP contribution in [0.3, 0.4) is 0 Å². The Kier molecular flexibility index (Phi) is 6.37. The predicted molar refractivity (Wildman–Crippen MR) is 69.8 cm³/mol. The van der Waals surface area contributed by atoms with E-state index in [-0.39, 0.29) is 5.60 Å². The van der Waals surface area contributed by atoms with Crippen LogP contribution in [-0.4, -0.2) is 25.8 Å². The molecule has 0 aromatic carbocycles. The minimum atomic E-state index is 0.221. The highest BCUT2D eigenvalue weighted by molar-refractivity contribution is 4.92. The van der Waals surface area contributed by atoms with Gasteiger partial charge in [0.1, 0.15) is 0 Å². The van der Waals surface area contributed by atoms with Gasteiger partial charge in [0.25, 0.3) is 0 Å². The molecule has 0 spiro atoms. The first kappa shape index (κ1) is 14.0. The summed E-state index contributed by atoms with van der Waals surface area (Å²) < 4.78 is 5.69. The third kappa shape index (κ3) is 4.06. The van der Waals surface area contributed by atoms with E-state index in [1.54, 1.807) is 0 Å². The highest BCUT2D eigenvalue weighted by atomic mass is 16.5. The van der Waals surface area contributed by atoms with Gasteiger partial charge < -0.3 is 10.1 Å². The average Bonchev–Trinajstić information content (AvgIpc) is 2.26. The summed E-state index contributed by atoms with van der Waals surface area (Å²) in [6.45, 7) is 2.27. The van der Waals surface area contributed by atoms with Gasteiger partial charge in [0.2, 0.25) is 0 Å². The molecule has 1 unspecified atom stereocenters. The van der Waals surface area contributed by atoms with Crippen molar-refractivity contribution >= 4 is 0 Å². The second-order valence-electron chi connectivity index (χ2n) is 5.28. The Morgan fingerprint density at radius 1 is 1.25 bits per heavy atom. The number of hydrogen-bond donors (Lipinski definition) is 1. The van der Waals surface area contributed by atoms with Crippen LogP contribution in [0.15, 0.2) is 0 Å². The number of hydrogen-bond acceptors (Lipinski definition) is 2. The molecule has 2 heteroatoms. The van der Waals surface area contributed by atoms with E-state index < -0.39 is 0 Å². The molecule has 0 bridgehead atoms. The van der Waals surface area contributed by atoms with Crippen molar-refractivity contribution in [3.63, 3.8) is 0 Å². The molecule has 1 saturated carbocycles. The van der Waals surface area contributed by atoms with Crippen molar-refractivity contribution in [2.45, 2.75) is 76.4 Å². The van der Waals surface area contributed by atoms with Crippen LogP contribution in [0.4, 0.5) is 0 Å². The van der Waals surface area contributed by atoms with E-state index in [0.717, 1.165) is 0 Å². The minimum Gasteiger partial charge on any atom is -0.378 e. The van der Waals surface area contributed by atoms with Crippen LogP contribution in [0.5, 0.6) is 0 Å². The van der Waals surface area contributed by atoms with Gasteiger partial charge in [0.05, 0.1) is 5.60 Å². The minimum absolute atomic E-state index is 0.221. The monoisotopic (exact) mass is 227 g/mol. The number of unbranched alkanes of at least 4 members (excludes halogenated alkanes) is 3. The molecule has 0 amide bonds. The number of nitrogens with one attached hydrogen (secondary N) is 1. The van der Waals surface area contributed by atoms with Gasteiger partial charge in [-0.3, -0.25) is 0 Å². The average molecular weight is 227 g/mol. The van der Waals surface area contributed by atoms with Crippen LogP contribution in [0.25, 0.3) is 0 Å². The summed E-state index contributed by atoms with van der Waals surface area (Å²) in [4.78, 5) is 0. The van der Waals surface area contributed by atoms with Crippen LogP contribution in [0.2, 0.25) is 0 Å². The normalized spacial score (nSPS) is 20.4. The fraction of sp³-hybridized carbons (Fsp3) is 1.00. The van der Waals surface area contributed by atoms with Gasteiger partial charge in [-0.1, -0.05) is 32.6 Å². The Labute approximate surface area is 101 Å². The summed E-state index contributed by atoms with van der Waals surface area (Å²) in [5.41, 5.74) is 0.221. The number of methoxy groups -OCH3 is 1. The zero-order valence-electron chi connectivity index (χ0n) is 11.3.